The summed E-state index contributed by atoms with van der Waals surface area (Å²) in [5.41, 5.74) is 5.34. The minimum atomic E-state index is -0.563. The van der Waals surface area contributed by atoms with Gasteiger partial charge in [-0.05, 0) is 38.0 Å². The molecule has 0 N–H and O–H groups in total. The summed E-state index contributed by atoms with van der Waals surface area (Å²) < 4.78 is 0. The zero-order valence-electron chi connectivity index (χ0n) is 18.1. The Balaban J connectivity index is 1.67. The fraction of sp³-hybridized carbons (Fsp3) is 0.292. The van der Waals surface area contributed by atoms with Gasteiger partial charge in [0.15, 0.2) is 12.2 Å². The number of amides is 3. The lowest BCUT2D eigenvalue weighted by Crippen LogP contribution is -2.64. The number of fused-ring (bicyclic) bond motifs is 3. The van der Waals surface area contributed by atoms with Crippen molar-refractivity contribution in [3.8, 4) is 0 Å². The Morgan fingerprint density at radius 2 is 1.74 bits per heavy atom. The van der Waals surface area contributed by atoms with Crippen molar-refractivity contribution >= 4 is 29.3 Å². The van der Waals surface area contributed by atoms with Gasteiger partial charge >= 0.3 is 6.03 Å². The fourth-order valence-corrected chi connectivity index (χ4v) is 4.55. The molecule has 7 nitrogen and oxygen atoms in total. The van der Waals surface area contributed by atoms with Crippen LogP contribution in [-0.4, -0.2) is 58.4 Å². The Labute approximate surface area is 181 Å². The molecular weight excluding hydrogens is 390 g/mol. The largest absolute Gasteiger partial charge is 0.328 e. The number of hydrogen-bond donors (Lipinski definition) is 0. The molecular formula is C24H25N5O2. The summed E-state index contributed by atoms with van der Waals surface area (Å²) in [5, 5.41) is 0. The van der Waals surface area contributed by atoms with E-state index in [1.807, 2.05) is 42.3 Å². The van der Waals surface area contributed by atoms with Crippen LogP contribution in [0.5, 0.6) is 0 Å². The summed E-state index contributed by atoms with van der Waals surface area (Å²) in [5.74, 6) is 0.467. The van der Waals surface area contributed by atoms with Crippen LogP contribution < -0.4 is 4.90 Å². The van der Waals surface area contributed by atoms with Crippen LogP contribution in [0.4, 0.5) is 10.5 Å². The highest BCUT2D eigenvalue weighted by molar-refractivity contribution is 6.16. The molecule has 3 aliphatic rings. The molecule has 0 spiro atoms. The van der Waals surface area contributed by atoms with E-state index in [1.165, 1.54) is 10.5 Å². The van der Waals surface area contributed by atoms with Crippen molar-refractivity contribution in [3.63, 3.8) is 0 Å². The Bertz CT molecular complexity index is 1140. The maximum Gasteiger partial charge on any atom is 0.328 e. The lowest BCUT2D eigenvalue weighted by atomic mass is 10.1. The Morgan fingerprint density at radius 1 is 1.00 bits per heavy atom. The van der Waals surface area contributed by atoms with Crippen LogP contribution >= 0.6 is 0 Å². The number of likely N-dealkylation sites (N-methyl/N-ethyl adjacent to an activating group) is 2. The summed E-state index contributed by atoms with van der Waals surface area (Å²) >= 11 is 0. The molecule has 3 aliphatic heterocycles. The molecule has 0 saturated carbocycles. The molecule has 1 saturated heterocycles. The highest BCUT2D eigenvalue weighted by atomic mass is 16.2. The minimum Gasteiger partial charge on any atom is -0.302 e. The van der Waals surface area contributed by atoms with Crippen molar-refractivity contribution in [2.75, 3.05) is 18.5 Å². The average Bonchev–Trinajstić information content (AvgIpc) is 3.32. The number of rotatable bonds is 3. The van der Waals surface area contributed by atoms with Crippen LogP contribution in [0.1, 0.15) is 23.6 Å². The van der Waals surface area contributed by atoms with Crippen LogP contribution in [0.25, 0.3) is 5.70 Å². The third-order valence-corrected chi connectivity index (χ3v) is 6.41. The summed E-state index contributed by atoms with van der Waals surface area (Å²) in [4.78, 5) is 37.8. The molecule has 0 radical (unpaired) electrons. The van der Waals surface area contributed by atoms with Crippen molar-refractivity contribution in [3.05, 3.63) is 71.4 Å². The van der Waals surface area contributed by atoms with E-state index in [4.69, 9.17) is 4.99 Å². The quantitative estimate of drug-likeness (QED) is 0.771. The van der Waals surface area contributed by atoms with Crippen LogP contribution in [0.3, 0.4) is 0 Å². The van der Waals surface area contributed by atoms with E-state index < -0.39 is 12.2 Å². The average molecular weight is 415 g/mol. The van der Waals surface area contributed by atoms with Gasteiger partial charge in [0, 0.05) is 25.4 Å². The number of aryl methyl sites for hydroxylation is 1. The molecule has 2 aromatic rings. The number of imide groups is 1. The van der Waals surface area contributed by atoms with Gasteiger partial charge in [-0.1, -0.05) is 42.5 Å². The molecule has 0 bridgehead atoms. The van der Waals surface area contributed by atoms with Gasteiger partial charge in [0.25, 0.3) is 5.91 Å². The monoisotopic (exact) mass is 415 g/mol. The van der Waals surface area contributed by atoms with Crippen LogP contribution in [-0.2, 0) is 4.79 Å². The summed E-state index contributed by atoms with van der Waals surface area (Å²) in [7, 11) is 1.71. The van der Waals surface area contributed by atoms with E-state index in [9.17, 15) is 9.59 Å². The van der Waals surface area contributed by atoms with Gasteiger partial charge < -0.3 is 4.90 Å². The second-order valence-electron chi connectivity index (χ2n) is 8.11. The van der Waals surface area contributed by atoms with Crippen molar-refractivity contribution in [2.24, 2.45) is 4.99 Å². The number of urea groups is 1. The minimum absolute atomic E-state index is 0.208. The molecule has 1 fully saturated rings. The summed E-state index contributed by atoms with van der Waals surface area (Å²) in [6, 6.07) is 15.4. The first-order chi connectivity index (χ1) is 14.9. The van der Waals surface area contributed by atoms with E-state index in [1.54, 1.807) is 11.9 Å². The second-order valence-corrected chi connectivity index (χ2v) is 8.11. The molecule has 158 valence electrons. The Hall–Kier alpha value is -3.61. The molecule has 31 heavy (non-hydrogen) atoms. The van der Waals surface area contributed by atoms with Crippen molar-refractivity contribution in [1.29, 1.82) is 0 Å². The third-order valence-electron chi connectivity index (χ3n) is 6.41. The van der Waals surface area contributed by atoms with Gasteiger partial charge in [-0.2, -0.15) is 0 Å². The predicted octanol–water partition coefficient (Wildman–Crippen LogP) is 3.40. The number of benzene rings is 2. The molecule has 3 heterocycles. The number of hydrogen-bond acceptors (Lipinski definition) is 5. The lowest BCUT2D eigenvalue weighted by molar-refractivity contribution is -0.136. The number of carbonyl (C=O) groups excluding carboxylic acids is 2. The number of guanidine groups is 1. The SMILES string of the molecule is CCN1C(=O)C2C(N=C3N(c4cccc(C)c4C)C(c4ccccc4)=CN32)N(C)C1=O. The highest BCUT2D eigenvalue weighted by Crippen LogP contribution is 2.41. The molecule has 2 unspecified atom stereocenters. The molecule has 0 aliphatic carbocycles. The van der Waals surface area contributed by atoms with Gasteiger partial charge in [0.05, 0.1) is 11.4 Å². The van der Waals surface area contributed by atoms with Crippen LogP contribution in [0.15, 0.2) is 59.7 Å². The maximum atomic E-state index is 13.3. The number of aliphatic imine (C=N–C) groups is 1. The Morgan fingerprint density at radius 3 is 2.45 bits per heavy atom. The first kappa shape index (κ1) is 19.4. The third kappa shape index (κ3) is 2.69. The summed E-state index contributed by atoms with van der Waals surface area (Å²) in [6.45, 7) is 6.34. The van der Waals surface area contributed by atoms with E-state index in [2.05, 4.69) is 43.0 Å². The molecule has 7 heteroatoms. The van der Waals surface area contributed by atoms with Crippen LogP contribution in [0, 0.1) is 13.8 Å². The maximum absolute atomic E-state index is 13.3. The van der Waals surface area contributed by atoms with E-state index >= 15 is 0 Å². The number of nitrogens with zero attached hydrogens (tertiary/aromatic N) is 5. The zero-order valence-corrected chi connectivity index (χ0v) is 18.1. The first-order valence-corrected chi connectivity index (χ1v) is 10.5. The highest BCUT2D eigenvalue weighted by Gasteiger charge is 2.54. The fourth-order valence-electron chi connectivity index (χ4n) is 4.55. The molecule has 2 atom stereocenters. The van der Waals surface area contributed by atoms with Crippen molar-refractivity contribution < 1.29 is 9.59 Å². The van der Waals surface area contributed by atoms with Gasteiger partial charge in [-0.25, -0.2) is 9.79 Å². The van der Waals surface area contributed by atoms with Gasteiger partial charge in [-0.3, -0.25) is 19.5 Å². The van der Waals surface area contributed by atoms with E-state index in [0.717, 1.165) is 22.5 Å². The predicted molar refractivity (Wildman–Crippen MR) is 120 cm³/mol. The normalized spacial score (nSPS) is 22.6. The van der Waals surface area contributed by atoms with E-state index in [0.29, 0.717) is 12.5 Å². The lowest BCUT2D eigenvalue weighted by Gasteiger charge is -2.39. The second kappa shape index (κ2) is 6.97. The van der Waals surface area contributed by atoms with Crippen molar-refractivity contribution in [1.82, 2.24) is 14.7 Å². The smallest absolute Gasteiger partial charge is 0.302 e. The number of carbonyl (C=O) groups is 2. The van der Waals surface area contributed by atoms with Gasteiger partial charge in [0.2, 0.25) is 5.96 Å². The molecule has 0 aromatic heterocycles. The molecule has 2 aromatic carbocycles. The van der Waals surface area contributed by atoms with Gasteiger partial charge in [-0.15, -0.1) is 0 Å². The topological polar surface area (TPSA) is 59.5 Å². The molecule has 3 amide bonds. The zero-order chi connectivity index (χ0) is 21.9. The van der Waals surface area contributed by atoms with Crippen molar-refractivity contribution in [2.45, 2.75) is 33.0 Å². The van der Waals surface area contributed by atoms with Crippen LogP contribution in [0.2, 0.25) is 0 Å². The van der Waals surface area contributed by atoms with Gasteiger partial charge in [0.1, 0.15) is 0 Å². The Kier molecular flexibility index (Phi) is 4.36. The summed E-state index contributed by atoms with van der Waals surface area (Å²) in [6.07, 6.45) is 1.45. The standard InChI is InChI=1S/C24H25N5O2/c1-5-27-22(30)20-21(26(4)24(27)31)25-23-28(20)14-19(17-11-7-6-8-12-17)29(23)18-13-9-10-15(2)16(18)3/h6-14,20-21H,5H2,1-4H3. The van der Waals surface area contributed by atoms with E-state index in [-0.39, 0.29) is 11.9 Å². The first-order valence-electron chi connectivity index (χ1n) is 10.5. The molecule has 5 rings (SSSR count). The number of anilines is 1.